The van der Waals surface area contributed by atoms with E-state index < -0.39 is 33.1 Å². The van der Waals surface area contributed by atoms with Crippen LogP contribution in [-0.4, -0.2) is 47.0 Å². The van der Waals surface area contributed by atoms with Crippen LogP contribution in [0, 0.1) is 12.8 Å². The third-order valence-corrected chi connectivity index (χ3v) is 11.1. The van der Waals surface area contributed by atoms with Crippen LogP contribution in [0.5, 0.6) is 5.75 Å². The Morgan fingerprint density at radius 3 is 2.24 bits per heavy atom. The predicted octanol–water partition coefficient (Wildman–Crippen LogP) is 8.20. The minimum atomic E-state index is -5.01. The summed E-state index contributed by atoms with van der Waals surface area (Å²) in [5.74, 6) is -0.0271. The molecule has 2 aliphatic rings. The lowest BCUT2D eigenvalue weighted by Crippen LogP contribution is -2.46. The smallest absolute Gasteiger partial charge is 0.404 e. The Morgan fingerprint density at radius 1 is 0.918 bits per heavy atom. The van der Waals surface area contributed by atoms with Crippen LogP contribution in [0.2, 0.25) is 0 Å². The molecule has 2 aliphatic heterocycles. The van der Waals surface area contributed by atoms with Gasteiger partial charge in [-0.1, -0.05) is 62.7 Å². The molecule has 0 aliphatic carbocycles. The zero-order chi connectivity index (χ0) is 35.1. The average molecular weight is 696 g/mol. The van der Waals surface area contributed by atoms with Crippen LogP contribution in [-0.2, 0) is 21.9 Å². The lowest BCUT2D eigenvalue weighted by Gasteiger charge is -2.38. The molecular weight excluding hydrogens is 655 g/mol. The highest BCUT2D eigenvalue weighted by molar-refractivity contribution is 7.89. The van der Waals surface area contributed by atoms with E-state index in [4.69, 9.17) is 5.10 Å². The molecule has 2 unspecified atom stereocenters. The first kappa shape index (κ1) is 34.5. The number of benzene rings is 3. The number of carbonyl (C=O) groups excluding carboxylic acids is 1. The Hall–Kier alpha value is -4.36. The molecule has 260 valence electrons. The summed E-state index contributed by atoms with van der Waals surface area (Å²) < 4.78 is 73.7. The van der Waals surface area contributed by atoms with Crippen molar-refractivity contribution in [3.8, 4) is 11.4 Å². The number of carbonyl (C=O) groups is 1. The number of fused-ring (bicyclic) bond motifs is 2. The molecule has 2 amide bonds. The first-order valence-electron chi connectivity index (χ1n) is 16.3. The van der Waals surface area contributed by atoms with Crippen molar-refractivity contribution >= 4 is 27.6 Å². The third kappa shape index (κ3) is 7.78. The number of nitrogens with one attached hydrogen (secondary N) is 2. The number of aryl methyl sites for hydroxylation is 1. The number of rotatable bonds is 8. The van der Waals surface area contributed by atoms with E-state index in [0.717, 1.165) is 34.6 Å². The van der Waals surface area contributed by atoms with Crippen molar-refractivity contribution in [3.63, 3.8) is 0 Å². The molecule has 3 aromatic carbocycles. The van der Waals surface area contributed by atoms with E-state index in [2.05, 4.69) is 36.1 Å². The Morgan fingerprint density at radius 2 is 1.59 bits per heavy atom. The maximum absolute atomic E-state index is 13.7. The van der Waals surface area contributed by atoms with E-state index in [-0.39, 0.29) is 23.4 Å². The number of para-hydroxylation sites is 1. The average Bonchev–Trinajstić information content (AvgIpc) is 3.56. The van der Waals surface area contributed by atoms with Gasteiger partial charge in [-0.3, -0.25) is 5.32 Å². The van der Waals surface area contributed by atoms with Crippen LogP contribution >= 0.6 is 0 Å². The van der Waals surface area contributed by atoms with Gasteiger partial charge in [0.2, 0.25) is 10.0 Å². The molecule has 4 aromatic rings. The number of urea groups is 1. The molecule has 0 radical (unpaired) electrons. The van der Waals surface area contributed by atoms with Gasteiger partial charge in [-0.25, -0.2) is 17.9 Å². The monoisotopic (exact) mass is 695 g/mol. The van der Waals surface area contributed by atoms with Gasteiger partial charge in [0.1, 0.15) is 16.5 Å². The van der Waals surface area contributed by atoms with Gasteiger partial charge >= 0.3 is 12.4 Å². The number of amides is 2. The van der Waals surface area contributed by atoms with Crippen LogP contribution in [0.3, 0.4) is 0 Å². The zero-order valence-electron chi connectivity index (χ0n) is 27.8. The minimum Gasteiger partial charge on any atom is -0.404 e. The Balaban J connectivity index is 1.12. The minimum absolute atomic E-state index is 0.161. The van der Waals surface area contributed by atoms with Crippen molar-refractivity contribution in [2.45, 2.75) is 88.6 Å². The Kier molecular flexibility index (Phi) is 9.27. The van der Waals surface area contributed by atoms with E-state index >= 15 is 0 Å². The molecule has 9 nitrogen and oxygen atoms in total. The first-order valence-corrected chi connectivity index (χ1v) is 17.7. The summed E-state index contributed by atoms with van der Waals surface area (Å²) in [4.78, 5) is 12.7. The fraction of sp³-hybridized carbons (Fsp3) is 0.389. The summed E-state index contributed by atoms with van der Waals surface area (Å²) >= 11 is 0. The molecule has 3 heterocycles. The van der Waals surface area contributed by atoms with E-state index in [1.165, 1.54) is 16.4 Å². The number of sulfonamides is 1. The molecule has 2 fully saturated rings. The van der Waals surface area contributed by atoms with Crippen LogP contribution < -0.4 is 15.4 Å². The number of aromatic nitrogens is 2. The molecule has 0 spiro atoms. The van der Waals surface area contributed by atoms with Crippen LogP contribution in [0.25, 0.3) is 5.69 Å². The largest absolute Gasteiger partial charge is 0.573 e. The van der Waals surface area contributed by atoms with Crippen molar-refractivity contribution in [2.24, 2.45) is 5.92 Å². The van der Waals surface area contributed by atoms with Gasteiger partial charge in [0.05, 0.1) is 11.4 Å². The van der Waals surface area contributed by atoms with Crippen LogP contribution in [0.4, 0.5) is 29.5 Å². The molecule has 13 heteroatoms. The lowest BCUT2D eigenvalue weighted by atomic mass is 9.87. The molecule has 2 N–H and O–H groups in total. The van der Waals surface area contributed by atoms with Gasteiger partial charge in [0.15, 0.2) is 0 Å². The second kappa shape index (κ2) is 13.2. The summed E-state index contributed by atoms with van der Waals surface area (Å²) in [5, 5.41) is 10.7. The fourth-order valence-corrected chi connectivity index (χ4v) is 8.91. The van der Waals surface area contributed by atoms with Gasteiger partial charge < -0.3 is 10.1 Å². The van der Waals surface area contributed by atoms with Gasteiger partial charge in [0.25, 0.3) is 0 Å². The fourth-order valence-electron chi connectivity index (χ4n) is 6.90. The molecule has 49 heavy (non-hydrogen) atoms. The van der Waals surface area contributed by atoms with Crippen LogP contribution in [0.1, 0.15) is 63.3 Å². The normalized spacial score (nSPS) is 19.9. The van der Waals surface area contributed by atoms with Crippen LogP contribution in [0.15, 0.2) is 83.8 Å². The number of nitrogens with zero attached hydrogens (tertiary/aromatic N) is 3. The number of alkyl halides is 3. The maximum atomic E-state index is 13.7. The molecule has 1 aromatic heterocycles. The highest BCUT2D eigenvalue weighted by atomic mass is 32.2. The first-order chi connectivity index (χ1) is 23.1. The number of halogens is 3. The predicted molar refractivity (Wildman–Crippen MR) is 181 cm³/mol. The molecular formula is C36H40F3N5O4S. The van der Waals surface area contributed by atoms with Crippen molar-refractivity contribution < 1.29 is 31.1 Å². The van der Waals surface area contributed by atoms with Crippen molar-refractivity contribution in [1.82, 2.24) is 14.1 Å². The summed E-state index contributed by atoms with van der Waals surface area (Å²) in [5.41, 5.74) is 4.13. The molecule has 2 bridgehead atoms. The standard InChI is InChI=1S/C36H40F3N5O4S/c1-23-12-14-27(15-13-23)43-33(22-32(42-43)35(2,3)4)41-34(45)40-26-9-7-8-24(19-26)18-25-20-28-16-17-29(21-25)44(28)49(46,47)31-11-6-5-10-30(31)48-36(37,38)39/h5-15,19,22,25,28-29H,16-18,20-21H2,1-4H3,(H2,40,41,45). The van der Waals surface area contributed by atoms with Gasteiger partial charge in [-0.2, -0.15) is 9.40 Å². The quantitative estimate of drug-likeness (QED) is 0.193. The number of hydrogen-bond donors (Lipinski definition) is 2. The molecule has 2 saturated heterocycles. The van der Waals surface area contributed by atoms with Gasteiger partial charge in [0, 0.05) is 29.3 Å². The van der Waals surface area contributed by atoms with Crippen molar-refractivity contribution in [3.05, 3.63) is 95.7 Å². The van der Waals surface area contributed by atoms with E-state index in [1.807, 2.05) is 55.5 Å². The topological polar surface area (TPSA) is 106 Å². The number of ether oxygens (including phenoxy) is 1. The Labute approximate surface area is 284 Å². The van der Waals surface area contributed by atoms with Gasteiger partial charge in [-0.15, -0.1) is 13.2 Å². The molecule has 2 atom stereocenters. The maximum Gasteiger partial charge on any atom is 0.573 e. The highest BCUT2D eigenvalue weighted by Gasteiger charge is 2.48. The lowest BCUT2D eigenvalue weighted by molar-refractivity contribution is -0.275. The summed E-state index contributed by atoms with van der Waals surface area (Å²) in [6.07, 6.45) is -1.91. The second-order valence-electron chi connectivity index (χ2n) is 13.9. The summed E-state index contributed by atoms with van der Waals surface area (Å²) in [6, 6.07) is 21.2. The van der Waals surface area contributed by atoms with E-state index in [1.54, 1.807) is 10.7 Å². The SMILES string of the molecule is Cc1ccc(-n2nc(C(C)(C)C)cc2NC(=O)Nc2cccc(CC3CC4CCC(C3)N4S(=O)(=O)c3ccccc3OC(F)(F)F)c2)cc1. The number of anilines is 2. The second-order valence-corrected chi connectivity index (χ2v) is 15.8. The molecule has 0 saturated carbocycles. The van der Waals surface area contributed by atoms with E-state index in [0.29, 0.717) is 43.6 Å². The third-order valence-electron chi connectivity index (χ3n) is 9.10. The highest BCUT2D eigenvalue weighted by Crippen LogP contribution is 2.44. The number of piperidine rings is 1. The van der Waals surface area contributed by atoms with Crippen molar-refractivity contribution in [2.75, 3.05) is 10.6 Å². The summed E-state index contributed by atoms with van der Waals surface area (Å²) in [7, 11) is -4.23. The molecule has 6 rings (SSSR count). The number of hydrogen-bond acceptors (Lipinski definition) is 5. The zero-order valence-corrected chi connectivity index (χ0v) is 28.6. The van der Waals surface area contributed by atoms with E-state index in [9.17, 15) is 26.4 Å². The van der Waals surface area contributed by atoms with Gasteiger partial charge in [-0.05, 0) is 86.9 Å². The Bertz CT molecular complexity index is 1920. The summed E-state index contributed by atoms with van der Waals surface area (Å²) in [6.45, 7) is 8.19. The van der Waals surface area contributed by atoms with Crippen molar-refractivity contribution in [1.29, 1.82) is 0 Å².